The summed E-state index contributed by atoms with van der Waals surface area (Å²) in [5, 5.41) is 0. The van der Waals surface area contributed by atoms with Crippen LogP contribution in [0.3, 0.4) is 0 Å². The van der Waals surface area contributed by atoms with Gasteiger partial charge < -0.3 is 10.5 Å². The summed E-state index contributed by atoms with van der Waals surface area (Å²) in [5.74, 6) is 0.783. The quantitative estimate of drug-likeness (QED) is 0.773. The molecule has 0 spiro atoms. The minimum Gasteiger partial charge on any atom is -0.488 e. The van der Waals surface area contributed by atoms with Crippen molar-refractivity contribution in [1.82, 2.24) is 0 Å². The lowest BCUT2D eigenvalue weighted by Gasteiger charge is -2.32. The molecule has 3 nitrogen and oxygen atoms in total. The van der Waals surface area contributed by atoms with Crippen LogP contribution in [0.15, 0.2) is 18.2 Å². The largest absolute Gasteiger partial charge is 0.488 e. The van der Waals surface area contributed by atoms with Crippen molar-refractivity contribution in [2.75, 3.05) is 6.54 Å². The van der Waals surface area contributed by atoms with Gasteiger partial charge in [-0.15, -0.1) is 0 Å². The zero-order valence-corrected chi connectivity index (χ0v) is 9.75. The van der Waals surface area contributed by atoms with Gasteiger partial charge in [-0.25, -0.2) is 0 Å². The Kier molecular flexibility index (Phi) is 2.72. The van der Waals surface area contributed by atoms with Crippen LogP contribution in [-0.2, 0) is 6.42 Å². The normalized spacial score (nSPS) is 17.4. The molecule has 0 unspecified atom stereocenters. The first-order chi connectivity index (χ1) is 7.52. The van der Waals surface area contributed by atoms with E-state index in [9.17, 15) is 4.79 Å². The second-order valence-electron chi connectivity index (χ2n) is 4.81. The average Bonchev–Trinajstić information content (AvgIpc) is 2.25. The van der Waals surface area contributed by atoms with Gasteiger partial charge in [-0.3, -0.25) is 4.79 Å². The number of aryl methyl sites for hydroxylation is 1. The number of carbonyl (C=O) groups excluding carboxylic acids is 1. The standard InChI is InChI=1S/C13H17NO2/c1-13(2)6-5-9-3-4-10(11(15)8-14)7-12(9)16-13/h3-4,7H,5-6,8,14H2,1-2H3. The molecule has 0 aromatic heterocycles. The van der Waals surface area contributed by atoms with Crippen LogP contribution in [0.1, 0.15) is 36.2 Å². The predicted octanol–water partition coefficient (Wildman–Crippen LogP) is 1.93. The van der Waals surface area contributed by atoms with Crippen LogP contribution in [-0.4, -0.2) is 17.9 Å². The Morgan fingerprint density at radius 1 is 1.50 bits per heavy atom. The molecule has 0 radical (unpaired) electrons. The molecular weight excluding hydrogens is 202 g/mol. The first-order valence-corrected chi connectivity index (χ1v) is 5.57. The fourth-order valence-electron chi connectivity index (χ4n) is 1.93. The van der Waals surface area contributed by atoms with E-state index in [4.69, 9.17) is 10.5 Å². The number of fused-ring (bicyclic) bond motifs is 1. The Morgan fingerprint density at radius 3 is 2.94 bits per heavy atom. The minimum atomic E-state index is -0.141. The van der Waals surface area contributed by atoms with Gasteiger partial charge >= 0.3 is 0 Å². The molecular formula is C13H17NO2. The van der Waals surface area contributed by atoms with Crippen molar-refractivity contribution in [2.45, 2.75) is 32.3 Å². The van der Waals surface area contributed by atoms with E-state index in [1.807, 2.05) is 18.2 Å². The second-order valence-corrected chi connectivity index (χ2v) is 4.81. The Morgan fingerprint density at radius 2 is 2.25 bits per heavy atom. The molecule has 0 aliphatic carbocycles. The molecule has 2 rings (SSSR count). The van der Waals surface area contributed by atoms with Crippen LogP contribution < -0.4 is 10.5 Å². The number of nitrogens with two attached hydrogens (primary N) is 1. The highest BCUT2D eigenvalue weighted by Crippen LogP contribution is 2.33. The molecule has 3 heteroatoms. The summed E-state index contributed by atoms with van der Waals surface area (Å²) in [4.78, 5) is 11.5. The van der Waals surface area contributed by atoms with Crippen LogP contribution in [0.2, 0.25) is 0 Å². The van der Waals surface area contributed by atoms with Crippen molar-refractivity contribution < 1.29 is 9.53 Å². The molecule has 16 heavy (non-hydrogen) atoms. The third-order valence-corrected chi connectivity index (χ3v) is 2.96. The highest BCUT2D eigenvalue weighted by atomic mass is 16.5. The summed E-state index contributed by atoms with van der Waals surface area (Å²) in [7, 11) is 0. The van der Waals surface area contributed by atoms with Gasteiger partial charge in [-0.1, -0.05) is 12.1 Å². The molecule has 0 bridgehead atoms. The maximum atomic E-state index is 11.5. The molecule has 0 saturated carbocycles. The molecule has 0 saturated heterocycles. The van der Waals surface area contributed by atoms with Crippen LogP contribution >= 0.6 is 0 Å². The van der Waals surface area contributed by atoms with Gasteiger partial charge in [0.15, 0.2) is 5.78 Å². The van der Waals surface area contributed by atoms with Crippen molar-refractivity contribution in [2.24, 2.45) is 5.73 Å². The topological polar surface area (TPSA) is 52.3 Å². The van der Waals surface area contributed by atoms with Gasteiger partial charge in [-0.2, -0.15) is 0 Å². The molecule has 0 fully saturated rings. The van der Waals surface area contributed by atoms with Gasteiger partial charge in [0.2, 0.25) is 0 Å². The molecule has 2 N–H and O–H groups in total. The number of ketones is 1. The Bertz CT molecular complexity index is 424. The zero-order chi connectivity index (χ0) is 11.8. The summed E-state index contributed by atoms with van der Waals surface area (Å²) < 4.78 is 5.86. The lowest BCUT2D eigenvalue weighted by molar-refractivity contribution is 0.0840. The number of ether oxygens (including phenoxy) is 1. The average molecular weight is 219 g/mol. The van der Waals surface area contributed by atoms with E-state index < -0.39 is 0 Å². The maximum absolute atomic E-state index is 11.5. The molecule has 1 aliphatic heterocycles. The third kappa shape index (κ3) is 2.09. The van der Waals surface area contributed by atoms with Crippen molar-refractivity contribution in [1.29, 1.82) is 0 Å². The molecule has 1 heterocycles. The van der Waals surface area contributed by atoms with Gasteiger partial charge in [0.25, 0.3) is 0 Å². The predicted molar refractivity (Wildman–Crippen MR) is 62.9 cm³/mol. The van der Waals surface area contributed by atoms with Gasteiger partial charge in [0.1, 0.15) is 11.4 Å². The van der Waals surface area contributed by atoms with Crippen molar-refractivity contribution in [3.05, 3.63) is 29.3 Å². The van der Waals surface area contributed by atoms with Crippen molar-refractivity contribution in [3.63, 3.8) is 0 Å². The lowest BCUT2D eigenvalue weighted by Crippen LogP contribution is -2.32. The fraction of sp³-hybridized carbons (Fsp3) is 0.462. The zero-order valence-electron chi connectivity index (χ0n) is 9.75. The smallest absolute Gasteiger partial charge is 0.176 e. The van der Waals surface area contributed by atoms with Crippen molar-refractivity contribution >= 4 is 5.78 Å². The summed E-state index contributed by atoms with van der Waals surface area (Å²) >= 11 is 0. The lowest BCUT2D eigenvalue weighted by atomic mass is 9.93. The van der Waals surface area contributed by atoms with Gasteiger partial charge in [0.05, 0.1) is 6.54 Å². The second kappa shape index (κ2) is 3.91. The summed E-state index contributed by atoms with van der Waals surface area (Å²) in [6.07, 6.45) is 2.00. The number of rotatable bonds is 2. The van der Waals surface area contributed by atoms with Crippen LogP contribution in [0.5, 0.6) is 5.75 Å². The van der Waals surface area contributed by atoms with E-state index in [0.29, 0.717) is 5.56 Å². The fourth-order valence-corrected chi connectivity index (χ4v) is 1.93. The van der Waals surface area contributed by atoms with E-state index in [1.54, 1.807) is 0 Å². The monoisotopic (exact) mass is 219 g/mol. The molecule has 1 aliphatic rings. The molecule has 0 amide bonds. The molecule has 86 valence electrons. The van der Waals surface area contributed by atoms with E-state index >= 15 is 0 Å². The summed E-state index contributed by atoms with van der Waals surface area (Å²) in [5.41, 5.74) is 7.01. The summed E-state index contributed by atoms with van der Waals surface area (Å²) in [6.45, 7) is 4.17. The van der Waals surface area contributed by atoms with Gasteiger partial charge in [-0.05, 0) is 38.3 Å². The van der Waals surface area contributed by atoms with Crippen LogP contribution in [0.25, 0.3) is 0 Å². The molecule has 1 aromatic rings. The third-order valence-electron chi connectivity index (χ3n) is 2.96. The van der Waals surface area contributed by atoms with E-state index in [2.05, 4.69) is 13.8 Å². The number of carbonyl (C=O) groups is 1. The highest BCUT2D eigenvalue weighted by molar-refractivity contribution is 5.97. The minimum absolute atomic E-state index is 0.0438. The van der Waals surface area contributed by atoms with Crippen molar-refractivity contribution in [3.8, 4) is 5.75 Å². The van der Waals surface area contributed by atoms with Gasteiger partial charge in [0, 0.05) is 5.56 Å². The van der Waals surface area contributed by atoms with E-state index in [0.717, 1.165) is 18.6 Å². The number of Topliss-reactive ketones (excluding diaryl/α,β-unsaturated/α-hetero) is 1. The number of hydrogen-bond donors (Lipinski definition) is 1. The summed E-state index contributed by atoms with van der Waals surface area (Å²) in [6, 6.07) is 5.61. The SMILES string of the molecule is CC1(C)CCc2ccc(C(=O)CN)cc2O1. The molecule has 1 aromatic carbocycles. The van der Waals surface area contributed by atoms with Crippen LogP contribution in [0.4, 0.5) is 0 Å². The highest BCUT2D eigenvalue weighted by Gasteiger charge is 2.26. The van der Waals surface area contributed by atoms with Crippen LogP contribution in [0, 0.1) is 0 Å². The Balaban J connectivity index is 2.34. The first-order valence-electron chi connectivity index (χ1n) is 5.57. The number of benzene rings is 1. The molecule has 0 atom stereocenters. The first kappa shape index (κ1) is 11.1. The van der Waals surface area contributed by atoms with E-state index in [-0.39, 0.29) is 17.9 Å². The maximum Gasteiger partial charge on any atom is 0.176 e. The van der Waals surface area contributed by atoms with E-state index in [1.165, 1.54) is 5.56 Å². The Hall–Kier alpha value is -1.35. The Labute approximate surface area is 95.6 Å². The number of hydrogen-bond acceptors (Lipinski definition) is 3.